The van der Waals surface area contributed by atoms with Gasteiger partial charge in [0.25, 0.3) is 0 Å². The zero-order valence-corrected chi connectivity index (χ0v) is 19.5. The standard InChI is InChI=1S/C25H32F2N4O/c1-24(2)18(9-11-25(24,3)23(32)31-12-10-17(15-31)30(4)5)16-13-21(29-28-14-16)22-19(26)7-6-8-20(22)27/h6-8,13-14,17-18H,9-12,15H2,1-5H3/t17-,18-,25-/m1/s1. The number of amides is 1. The molecule has 1 aromatic heterocycles. The fourth-order valence-corrected chi connectivity index (χ4v) is 5.60. The molecule has 4 rings (SSSR count). The summed E-state index contributed by atoms with van der Waals surface area (Å²) in [5.74, 6) is -1.08. The second-order valence-electron chi connectivity index (χ2n) is 10.3. The molecule has 2 heterocycles. The molecule has 7 heteroatoms. The van der Waals surface area contributed by atoms with Crippen molar-refractivity contribution in [2.45, 2.75) is 52.0 Å². The van der Waals surface area contributed by atoms with Gasteiger partial charge in [0.1, 0.15) is 11.6 Å². The summed E-state index contributed by atoms with van der Waals surface area (Å²) in [4.78, 5) is 17.9. The summed E-state index contributed by atoms with van der Waals surface area (Å²) in [5.41, 5.74) is 0.0113. The molecule has 1 saturated carbocycles. The van der Waals surface area contributed by atoms with Crippen molar-refractivity contribution in [3.8, 4) is 11.3 Å². The summed E-state index contributed by atoms with van der Waals surface area (Å²) in [5, 5.41) is 8.07. The van der Waals surface area contributed by atoms with E-state index >= 15 is 0 Å². The van der Waals surface area contributed by atoms with Gasteiger partial charge in [0.2, 0.25) is 5.91 Å². The number of nitrogens with zero attached hydrogens (tertiary/aromatic N) is 4. The summed E-state index contributed by atoms with van der Waals surface area (Å²) < 4.78 is 28.7. The van der Waals surface area contributed by atoms with E-state index in [1.54, 1.807) is 12.3 Å². The average molecular weight is 443 g/mol. The van der Waals surface area contributed by atoms with Crippen LogP contribution in [0.2, 0.25) is 0 Å². The highest BCUT2D eigenvalue weighted by atomic mass is 19.1. The van der Waals surface area contributed by atoms with E-state index in [1.165, 1.54) is 18.2 Å². The number of hydrogen-bond donors (Lipinski definition) is 0. The maximum Gasteiger partial charge on any atom is 0.229 e. The van der Waals surface area contributed by atoms with Gasteiger partial charge in [-0.3, -0.25) is 4.79 Å². The molecule has 32 heavy (non-hydrogen) atoms. The Morgan fingerprint density at radius 3 is 2.47 bits per heavy atom. The Morgan fingerprint density at radius 2 is 1.84 bits per heavy atom. The first-order valence-corrected chi connectivity index (χ1v) is 11.3. The normalized spacial score (nSPS) is 27.3. The quantitative estimate of drug-likeness (QED) is 0.700. The monoisotopic (exact) mass is 442 g/mol. The Kier molecular flexibility index (Phi) is 5.82. The number of halogens is 2. The Hall–Kier alpha value is -2.41. The van der Waals surface area contributed by atoms with Crippen LogP contribution in [0.5, 0.6) is 0 Å². The molecule has 0 N–H and O–H groups in total. The minimum Gasteiger partial charge on any atom is -0.341 e. The maximum atomic E-state index is 14.3. The molecule has 1 aromatic carbocycles. The minimum atomic E-state index is -0.661. The summed E-state index contributed by atoms with van der Waals surface area (Å²) in [6.07, 6.45) is 4.23. The van der Waals surface area contributed by atoms with Crippen LogP contribution in [-0.4, -0.2) is 59.1 Å². The molecule has 2 aromatic rings. The van der Waals surface area contributed by atoms with Crippen LogP contribution in [0.1, 0.15) is 51.5 Å². The minimum absolute atomic E-state index is 0.0350. The van der Waals surface area contributed by atoms with E-state index in [0.717, 1.165) is 37.9 Å². The molecular formula is C25H32F2N4O. The Bertz CT molecular complexity index is 1000. The largest absolute Gasteiger partial charge is 0.341 e. The van der Waals surface area contributed by atoms with Crippen molar-refractivity contribution in [2.75, 3.05) is 27.2 Å². The number of rotatable bonds is 4. The highest BCUT2D eigenvalue weighted by molar-refractivity contribution is 5.84. The van der Waals surface area contributed by atoms with Crippen molar-refractivity contribution in [2.24, 2.45) is 10.8 Å². The third-order valence-electron chi connectivity index (χ3n) is 8.18. The van der Waals surface area contributed by atoms with E-state index in [9.17, 15) is 13.6 Å². The number of likely N-dealkylation sites (N-methyl/N-ethyl adjacent to an activating group) is 1. The molecule has 3 atom stereocenters. The Labute approximate surface area is 188 Å². The van der Waals surface area contributed by atoms with Gasteiger partial charge in [-0.2, -0.15) is 10.2 Å². The van der Waals surface area contributed by atoms with Crippen LogP contribution in [0.15, 0.2) is 30.5 Å². The van der Waals surface area contributed by atoms with E-state index in [4.69, 9.17) is 0 Å². The molecule has 5 nitrogen and oxygen atoms in total. The Morgan fingerprint density at radius 1 is 1.16 bits per heavy atom. The van der Waals surface area contributed by atoms with Crippen molar-refractivity contribution in [1.82, 2.24) is 20.0 Å². The second-order valence-corrected chi connectivity index (χ2v) is 10.3. The molecule has 1 saturated heterocycles. The summed E-state index contributed by atoms with van der Waals surface area (Å²) in [6, 6.07) is 5.90. The summed E-state index contributed by atoms with van der Waals surface area (Å²) in [7, 11) is 4.12. The zero-order chi connectivity index (χ0) is 23.3. The van der Waals surface area contributed by atoms with Crippen LogP contribution < -0.4 is 0 Å². The van der Waals surface area contributed by atoms with Gasteiger partial charge in [0, 0.05) is 19.1 Å². The number of hydrogen-bond acceptors (Lipinski definition) is 4. The number of benzene rings is 1. The molecule has 1 amide bonds. The number of likely N-dealkylation sites (tertiary alicyclic amines) is 1. The molecule has 0 unspecified atom stereocenters. The van der Waals surface area contributed by atoms with E-state index in [0.29, 0.717) is 6.04 Å². The lowest BCUT2D eigenvalue weighted by molar-refractivity contribution is -0.145. The van der Waals surface area contributed by atoms with Crippen LogP contribution in [0, 0.1) is 22.5 Å². The topological polar surface area (TPSA) is 49.3 Å². The van der Waals surface area contributed by atoms with E-state index < -0.39 is 17.0 Å². The molecular weight excluding hydrogens is 410 g/mol. The van der Waals surface area contributed by atoms with Crippen LogP contribution >= 0.6 is 0 Å². The van der Waals surface area contributed by atoms with Gasteiger partial charge in [0.15, 0.2) is 0 Å². The first-order valence-electron chi connectivity index (χ1n) is 11.3. The molecule has 1 aliphatic heterocycles. The fourth-order valence-electron chi connectivity index (χ4n) is 5.60. The van der Waals surface area contributed by atoms with Crippen molar-refractivity contribution < 1.29 is 13.6 Å². The van der Waals surface area contributed by atoms with Crippen LogP contribution in [0.3, 0.4) is 0 Å². The molecule has 1 aliphatic carbocycles. The number of carbonyl (C=O) groups excluding carboxylic acids is 1. The molecule has 0 radical (unpaired) electrons. The fraction of sp³-hybridized carbons (Fsp3) is 0.560. The van der Waals surface area contributed by atoms with Crippen LogP contribution in [-0.2, 0) is 4.79 Å². The summed E-state index contributed by atoms with van der Waals surface area (Å²) >= 11 is 0. The number of carbonyl (C=O) groups is 1. The predicted molar refractivity (Wildman–Crippen MR) is 120 cm³/mol. The lowest BCUT2D eigenvalue weighted by atomic mass is 9.63. The van der Waals surface area contributed by atoms with E-state index in [2.05, 4.69) is 50.0 Å². The predicted octanol–water partition coefficient (Wildman–Crippen LogP) is 4.49. The molecule has 0 spiro atoms. The van der Waals surface area contributed by atoms with Crippen molar-refractivity contribution in [3.63, 3.8) is 0 Å². The van der Waals surface area contributed by atoms with Crippen molar-refractivity contribution >= 4 is 5.91 Å². The third kappa shape index (κ3) is 3.60. The third-order valence-corrected chi connectivity index (χ3v) is 8.18. The van der Waals surface area contributed by atoms with Gasteiger partial charge in [0.05, 0.1) is 22.9 Å². The lowest BCUT2D eigenvalue weighted by Crippen LogP contribution is -2.48. The molecule has 2 aliphatic rings. The molecule has 2 fully saturated rings. The number of aromatic nitrogens is 2. The van der Waals surface area contributed by atoms with Crippen LogP contribution in [0.4, 0.5) is 8.78 Å². The van der Waals surface area contributed by atoms with Gasteiger partial charge in [-0.1, -0.05) is 26.8 Å². The zero-order valence-electron chi connectivity index (χ0n) is 19.5. The Balaban J connectivity index is 1.62. The first kappa shape index (κ1) is 22.8. The smallest absolute Gasteiger partial charge is 0.229 e. The second kappa shape index (κ2) is 8.18. The maximum absolute atomic E-state index is 14.3. The van der Waals surface area contributed by atoms with E-state index in [1.807, 2.05) is 4.90 Å². The van der Waals surface area contributed by atoms with Gasteiger partial charge in [-0.25, -0.2) is 8.78 Å². The van der Waals surface area contributed by atoms with E-state index in [-0.39, 0.29) is 28.5 Å². The van der Waals surface area contributed by atoms with Gasteiger partial charge >= 0.3 is 0 Å². The van der Waals surface area contributed by atoms with Crippen LogP contribution in [0.25, 0.3) is 11.3 Å². The molecule has 172 valence electrons. The van der Waals surface area contributed by atoms with Gasteiger partial charge in [-0.05, 0) is 68.5 Å². The van der Waals surface area contributed by atoms with Crippen molar-refractivity contribution in [3.05, 3.63) is 47.7 Å². The van der Waals surface area contributed by atoms with Gasteiger partial charge in [-0.15, -0.1) is 0 Å². The molecule has 0 bridgehead atoms. The first-order chi connectivity index (χ1) is 15.1. The summed E-state index contributed by atoms with van der Waals surface area (Å²) in [6.45, 7) is 7.88. The average Bonchev–Trinajstić information content (AvgIpc) is 3.32. The SMILES string of the molecule is CN(C)[C@@H]1CCN(C(=O)[C@@]2(C)CC[C@H](c3cnnc(-c4c(F)cccc4F)c3)C2(C)C)C1. The van der Waals surface area contributed by atoms with Crippen molar-refractivity contribution in [1.29, 1.82) is 0 Å². The van der Waals surface area contributed by atoms with Gasteiger partial charge < -0.3 is 9.80 Å². The highest BCUT2D eigenvalue weighted by Crippen LogP contribution is 2.60. The lowest BCUT2D eigenvalue weighted by Gasteiger charge is -2.42. The highest BCUT2D eigenvalue weighted by Gasteiger charge is 2.57.